The van der Waals surface area contributed by atoms with Crippen molar-refractivity contribution < 1.29 is 27.9 Å². The van der Waals surface area contributed by atoms with Crippen LogP contribution in [0, 0.1) is 0 Å². The van der Waals surface area contributed by atoms with Crippen molar-refractivity contribution in [2.24, 2.45) is 0 Å². The number of carboxylic acids is 1. The van der Waals surface area contributed by atoms with Gasteiger partial charge in [-0.3, -0.25) is 9.59 Å². The molecule has 20 heavy (non-hydrogen) atoms. The summed E-state index contributed by atoms with van der Waals surface area (Å²) in [5, 5.41) is 8.76. The summed E-state index contributed by atoms with van der Waals surface area (Å²) in [6.07, 6.45) is -0.283. The van der Waals surface area contributed by atoms with Gasteiger partial charge in [0.1, 0.15) is 6.54 Å². The Bertz CT molecular complexity index is 421. The van der Waals surface area contributed by atoms with Crippen LogP contribution >= 0.6 is 0 Å². The Morgan fingerprint density at radius 3 is 2.25 bits per heavy atom. The van der Waals surface area contributed by atoms with Gasteiger partial charge in [0.05, 0.1) is 18.8 Å². The molecule has 0 spiro atoms. The number of carbonyl (C=O) groups excluding carboxylic acids is 1. The third kappa shape index (κ3) is 8.08. The Kier molecular flexibility index (Phi) is 8.35. The van der Waals surface area contributed by atoms with E-state index in [2.05, 4.69) is 4.74 Å². The van der Waals surface area contributed by atoms with Gasteiger partial charge in [-0.2, -0.15) is 4.31 Å². The van der Waals surface area contributed by atoms with Crippen molar-refractivity contribution >= 4 is 22.0 Å². The van der Waals surface area contributed by atoms with Crippen molar-refractivity contribution in [3.63, 3.8) is 0 Å². The zero-order chi connectivity index (χ0) is 15.8. The van der Waals surface area contributed by atoms with Crippen molar-refractivity contribution in [1.82, 2.24) is 9.21 Å². The summed E-state index contributed by atoms with van der Waals surface area (Å²) >= 11 is 0. The summed E-state index contributed by atoms with van der Waals surface area (Å²) in [6, 6.07) is 0. The molecular weight excluding hydrogens is 288 g/mol. The summed E-state index contributed by atoms with van der Waals surface area (Å²) in [6.45, 7) is 1.65. The predicted molar refractivity (Wildman–Crippen MR) is 72.8 cm³/mol. The molecule has 0 bridgehead atoms. The normalized spacial score (nSPS) is 11.8. The zero-order valence-corrected chi connectivity index (χ0v) is 12.9. The lowest BCUT2D eigenvalue weighted by atomic mass is 10.5. The number of sulfonamides is 1. The SMILES string of the molecule is CCOC(=O)CCS(=O)(=O)N(CCN(C)C)CC(=O)O. The highest BCUT2D eigenvalue weighted by molar-refractivity contribution is 7.89. The molecule has 0 saturated heterocycles. The van der Waals surface area contributed by atoms with Gasteiger partial charge >= 0.3 is 11.9 Å². The van der Waals surface area contributed by atoms with Crippen LogP contribution in [0.5, 0.6) is 0 Å². The second-order valence-electron chi connectivity index (χ2n) is 4.40. The number of ether oxygens (including phenoxy) is 1. The van der Waals surface area contributed by atoms with Crippen molar-refractivity contribution in [3.8, 4) is 0 Å². The molecule has 0 atom stereocenters. The Morgan fingerprint density at radius 1 is 1.20 bits per heavy atom. The van der Waals surface area contributed by atoms with Gasteiger partial charge in [-0.15, -0.1) is 0 Å². The van der Waals surface area contributed by atoms with Gasteiger partial charge in [-0.1, -0.05) is 0 Å². The van der Waals surface area contributed by atoms with Crippen LogP contribution in [0.25, 0.3) is 0 Å². The quantitative estimate of drug-likeness (QED) is 0.528. The number of carboxylic acid groups (broad SMARTS) is 1. The first-order valence-electron chi connectivity index (χ1n) is 6.19. The number of esters is 1. The maximum absolute atomic E-state index is 12.0. The van der Waals surface area contributed by atoms with Crippen molar-refractivity contribution in [1.29, 1.82) is 0 Å². The van der Waals surface area contributed by atoms with Crippen molar-refractivity contribution in [2.75, 3.05) is 46.1 Å². The van der Waals surface area contributed by atoms with Gasteiger partial charge in [0.15, 0.2) is 0 Å². The molecule has 9 heteroatoms. The van der Waals surface area contributed by atoms with Crippen LogP contribution in [0.2, 0.25) is 0 Å². The molecule has 0 radical (unpaired) electrons. The fourth-order valence-corrected chi connectivity index (χ4v) is 2.70. The summed E-state index contributed by atoms with van der Waals surface area (Å²) in [5.41, 5.74) is 0. The van der Waals surface area contributed by atoms with E-state index in [1.807, 2.05) is 0 Å². The number of hydrogen-bond donors (Lipinski definition) is 1. The third-order valence-electron chi connectivity index (χ3n) is 2.37. The number of rotatable bonds is 10. The topological polar surface area (TPSA) is 104 Å². The van der Waals surface area contributed by atoms with Gasteiger partial charge < -0.3 is 14.7 Å². The summed E-state index contributed by atoms with van der Waals surface area (Å²) in [5.74, 6) is -2.30. The van der Waals surface area contributed by atoms with Gasteiger partial charge in [0.25, 0.3) is 0 Å². The average molecular weight is 310 g/mol. The summed E-state index contributed by atoms with van der Waals surface area (Å²) in [4.78, 5) is 23.6. The molecule has 118 valence electrons. The second kappa shape index (κ2) is 8.88. The maximum atomic E-state index is 12.0. The predicted octanol–water partition coefficient (Wildman–Crippen LogP) is -0.782. The molecule has 0 rings (SSSR count). The molecule has 0 aliphatic rings. The van der Waals surface area contributed by atoms with Crippen LogP contribution in [0.15, 0.2) is 0 Å². The van der Waals surface area contributed by atoms with E-state index >= 15 is 0 Å². The van der Waals surface area contributed by atoms with Gasteiger partial charge in [0.2, 0.25) is 10.0 Å². The molecule has 0 aliphatic heterocycles. The van der Waals surface area contributed by atoms with Crippen LogP contribution in [0.4, 0.5) is 0 Å². The molecule has 0 aromatic heterocycles. The summed E-state index contributed by atoms with van der Waals surface area (Å²) in [7, 11) is -0.293. The van der Waals surface area contributed by atoms with E-state index in [0.717, 1.165) is 4.31 Å². The first-order chi connectivity index (χ1) is 9.19. The zero-order valence-electron chi connectivity index (χ0n) is 12.0. The number of nitrogens with zero attached hydrogens (tertiary/aromatic N) is 2. The summed E-state index contributed by atoms with van der Waals surface area (Å²) < 4.78 is 29.6. The molecule has 0 saturated carbocycles. The first-order valence-corrected chi connectivity index (χ1v) is 7.80. The average Bonchev–Trinajstić information content (AvgIpc) is 2.31. The van der Waals surface area contributed by atoms with Gasteiger partial charge in [0, 0.05) is 13.1 Å². The standard InChI is InChI=1S/C11H22N2O6S/c1-4-19-11(16)5-8-20(17,18)13(9-10(14)15)7-6-12(2)3/h4-9H2,1-3H3,(H,14,15). The van der Waals surface area contributed by atoms with Crippen LogP contribution in [0.3, 0.4) is 0 Å². The molecule has 0 aromatic carbocycles. The monoisotopic (exact) mass is 310 g/mol. The van der Waals surface area contributed by atoms with E-state index < -0.39 is 34.3 Å². The van der Waals surface area contributed by atoms with E-state index in [1.165, 1.54) is 0 Å². The molecule has 0 fully saturated rings. The number of carbonyl (C=O) groups is 2. The molecule has 0 unspecified atom stereocenters. The highest BCUT2D eigenvalue weighted by Gasteiger charge is 2.25. The Morgan fingerprint density at radius 2 is 1.80 bits per heavy atom. The number of hydrogen-bond acceptors (Lipinski definition) is 6. The smallest absolute Gasteiger partial charge is 0.318 e. The fraction of sp³-hybridized carbons (Fsp3) is 0.818. The second-order valence-corrected chi connectivity index (χ2v) is 6.49. The van der Waals surface area contributed by atoms with Gasteiger partial charge in [-0.05, 0) is 21.0 Å². The van der Waals surface area contributed by atoms with Crippen LogP contribution in [-0.4, -0.2) is 80.8 Å². The minimum Gasteiger partial charge on any atom is -0.480 e. The Balaban J connectivity index is 4.67. The fourth-order valence-electron chi connectivity index (χ4n) is 1.35. The van der Waals surface area contributed by atoms with E-state index in [4.69, 9.17) is 5.11 Å². The van der Waals surface area contributed by atoms with E-state index in [0.29, 0.717) is 6.54 Å². The largest absolute Gasteiger partial charge is 0.480 e. The Labute approximate surface area is 119 Å². The van der Waals surface area contributed by atoms with Crippen molar-refractivity contribution in [3.05, 3.63) is 0 Å². The van der Waals surface area contributed by atoms with E-state index in [1.54, 1.807) is 25.9 Å². The molecule has 0 amide bonds. The molecular formula is C11H22N2O6S. The van der Waals surface area contributed by atoms with Crippen LogP contribution in [-0.2, 0) is 24.3 Å². The minimum absolute atomic E-state index is 0.0600. The number of aliphatic carboxylic acids is 1. The van der Waals surface area contributed by atoms with E-state index in [9.17, 15) is 18.0 Å². The molecule has 8 nitrogen and oxygen atoms in total. The Hall–Kier alpha value is -1.19. The molecule has 0 heterocycles. The van der Waals surface area contributed by atoms with Gasteiger partial charge in [-0.25, -0.2) is 8.42 Å². The third-order valence-corrected chi connectivity index (χ3v) is 4.19. The number of likely N-dealkylation sites (N-methyl/N-ethyl adjacent to an activating group) is 1. The highest BCUT2D eigenvalue weighted by Crippen LogP contribution is 2.04. The van der Waals surface area contributed by atoms with E-state index in [-0.39, 0.29) is 19.6 Å². The molecule has 0 aliphatic carbocycles. The molecule has 1 N–H and O–H groups in total. The van der Waals surface area contributed by atoms with Crippen LogP contribution in [0.1, 0.15) is 13.3 Å². The van der Waals surface area contributed by atoms with Crippen LogP contribution < -0.4 is 0 Å². The maximum Gasteiger partial charge on any atom is 0.318 e. The minimum atomic E-state index is -3.80. The lowest BCUT2D eigenvalue weighted by molar-refractivity contribution is -0.142. The lowest BCUT2D eigenvalue weighted by Crippen LogP contribution is -2.41. The highest BCUT2D eigenvalue weighted by atomic mass is 32.2. The first kappa shape index (κ1) is 18.8. The molecule has 0 aromatic rings. The van der Waals surface area contributed by atoms with Crippen molar-refractivity contribution in [2.45, 2.75) is 13.3 Å². The lowest BCUT2D eigenvalue weighted by Gasteiger charge is -2.21.